The van der Waals surface area contributed by atoms with Crippen LogP contribution in [0, 0.1) is 0 Å². The van der Waals surface area contributed by atoms with Crippen LogP contribution in [0.4, 0.5) is 0 Å². The second-order valence-corrected chi connectivity index (χ2v) is 6.61. The summed E-state index contributed by atoms with van der Waals surface area (Å²) in [7, 11) is 0. The molecule has 1 fully saturated rings. The highest BCUT2D eigenvalue weighted by Crippen LogP contribution is 2.21. The van der Waals surface area contributed by atoms with Crippen molar-refractivity contribution in [2.75, 3.05) is 19.6 Å². The Hall–Kier alpha value is -1.20. The second-order valence-electron chi connectivity index (χ2n) is 5.77. The fourth-order valence-corrected chi connectivity index (χ4v) is 3.57. The molecule has 0 radical (unpaired) electrons. The van der Waals surface area contributed by atoms with Gasteiger partial charge in [-0.25, -0.2) is 0 Å². The quantitative estimate of drug-likeness (QED) is 0.740. The van der Waals surface area contributed by atoms with Gasteiger partial charge in [0, 0.05) is 17.9 Å². The van der Waals surface area contributed by atoms with E-state index in [9.17, 15) is 4.79 Å². The SMILES string of the molecule is O=C(NCC(c1ccco1)[NH+]1CCCC1)c1ccc(Cl)cc1Cl.[Cl-]. The van der Waals surface area contributed by atoms with Crippen molar-refractivity contribution in [3.8, 4) is 0 Å². The van der Waals surface area contributed by atoms with Crippen LogP contribution in [0.25, 0.3) is 0 Å². The molecule has 1 aromatic carbocycles. The van der Waals surface area contributed by atoms with E-state index in [4.69, 9.17) is 27.6 Å². The van der Waals surface area contributed by atoms with Gasteiger partial charge in [0.1, 0.15) is 0 Å². The molecule has 0 bridgehead atoms. The highest BCUT2D eigenvalue weighted by atomic mass is 35.5. The zero-order chi connectivity index (χ0) is 16.2. The van der Waals surface area contributed by atoms with Crippen LogP contribution in [-0.4, -0.2) is 25.5 Å². The van der Waals surface area contributed by atoms with Gasteiger partial charge in [0.05, 0.1) is 36.5 Å². The molecular formula is C17H19Cl3N2O2. The average Bonchev–Trinajstić information content (AvgIpc) is 3.21. The maximum absolute atomic E-state index is 12.4. The number of hydrogen-bond donors (Lipinski definition) is 2. The number of benzene rings is 1. The lowest BCUT2D eigenvalue weighted by Crippen LogP contribution is -3.11. The van der Waals surface area contributed by atoms with Crippen LogP contribution in [0.5, 0.6) is 0 Å². The minimum absolute atomic E-state index is 0. The van der Waals surface area contributed by atoms with Crippen molar-refractivity contribution in [2.24, 2.45) is 0 Å². The van der Waals surface area contributed by atoms with Gasteiger partial charge in [-0.05, 0) is 30.3 Å². The lowest BCUT2D eigenvalue weighted by molar-refractivity contribution is -0.919. The Labute approximate surface area is 157 Å². The number of hydrogen-bond acceptors (Lipinski definition) is 2. The Bertz CT molecular complexity index is 670. The summed E-state index contributed by atoms with van der Waals surface area (Å²) in [6.45, 7) is 2.71. The van der Waals surface area contributed by atoms with Crippen molar-refractivity contribution in [1.29, 1.82) is 0 Å². The molecule has 1 unspecified atom stereocenters. The van der Waals surface area contributed by atoms with Crippen LogP contribution in [0.15, 0.2) is 41.0 Å². The number of carbonyl (C=O) groups is 1. The fraction of sp³-hybridized carbons (Fsp3) is 0.353. The molecule has 1 saturated heterocycles. The molecule has 0 aliphatic carbocycles. The third kappa shape index (κ3) is 4.45. The fourth-order valence-electron chi connectivity index (χ4n) is 3.08. The lowest BCUT2D eigenvalue weighted by atomic mass is 10.1. The predicted octanol–water partition coefficient (Wildman–Crippen LogP) is -0.260. The molecule has 2 aromatic rings. The van der Waals surface area contributed by atoms with Gasteiger partial charge in [0.15, 0.2) is 11.8 Å². The normalized spacial score (nSPS) is 15.8. The predicted molar refractivity (Wildman–Crippen MR) is 90.2 cm³/mol. The highest BCUT2D eigenvalue weighted by Gasteiger charge is 2.30. The van der Waals surface area contributed by atoms with Crippen LogP contribution >= 0.6 is 23.2 Å². The summed E-state index contributed by atoms with van der Waals surface area (Å²) in [5, 5.41) is 3.85. The number of halogens is 3. The van der Waals surface area contributed by atoms with Crippen LogP contribution in [0.2, 0.25) is 10.0 Å². The third-order valence-electron chi connectivity index (χ3n) is 4.27. The van der Waals surface area contributed by atoms with Crippen LogP contribution in [0.3, 0.4) is 0 Å². The zero-order valence-electron chi connectivity index (χ0n) is 13.0. The molecule has 0 spiro atoms. The zero-order valence-corrected chi connectivity index (χ0v) is 15.3. The third-order valence-corrected chi connectivity index (χ3v) is 4.82. The summed E-state index contributed by atoms with van der Waals surface area (Å²) in [6, 6.07) is 8.87. The Morgan fingerprint density at radius 1 is 1.25 bits per heavy atom. The molecule has 0 saturated carbocycles. The van der Waals surface area contributed by atoms with E-state index in [1.807, 2.05) is 12.1 Å². The molecule has 1 aliphatic rings. The van der Waals surface area contributed by atoms with Crippen molar-refractivity contribution < 1.29 is 26.5 Å². The number of likely N-dealkylation sites (tertiary alicyclic amines) is 1. The first-order valence-corrected chi connectivity index (χ1v) is 8.52. The van der Waals surface area contributed by atoms with Crippen LogP contribution in [-0.2, 0) is 0 Å². The minimum atomic E-state index is -0.193. The van der Waals surface area contributed by atoms with Gasteiger partial charge < -0.3 is 27.0 Å². The second kappa shape index (κ2) is 8.77. The summed E-state index contributed by atoms with van der Waals surface area (Å²) in [5.41, 5.74) is 0.436. The molecule has 130 valence electrons. The summed E-state index contributed by atoms with van der Waals surface area (Å²) in [4.78, 5) is 13.8. The maximum atomic E-state index is 12.4. The van der Waals surface area contributed by atoms with Crippen molar-refractivity contribution in [1.82, 2.24) is 5.32 Å². The summed E-state index contributed by atoms with van der Waals surface area (Å²) in [6.07, 6.45) is 4.10. The molecule has 24 heavy (non-hydrogen) atoms. The monoisotopic (exact) mass is 388 g/mol. The number of rotatable bonds is 5. The van der Waals surface area contributed by atoms with Gasteiger partial charge in [-0.1, -0.05) is 23.2 Å². The van der Waals surface area contributed by atoms with Crippen LogP contribution in [0.1, 0.15) is 35.0 Å². The number of nitrogens with one attached hydrogen (secondary N) is 2. The van der Waals surface area contributed by atoms with E-state index in [2.05, 4.69) is 5.32 Å². The van der Waals surface area contributed by atoms with Crippen LogP contribution < -0.4 is 22.6 Å². The Balaban J connectivity index is 0.00000208. The number of carbonyl (C=O) groups excluding carboxylic acids is 1. The molecular weight excluding hydrogens is 371 g/mol. The minimum Gasteiger partial charge on any atom is -1.00 e. The van der Waals surface area contributed by atoms with E-state index < -0.39 is 0 Å². The molecule has 4 nitrogen and oxygen atoms in total. The van der Waals surface area contributed by atoms with Crippen molar-refractivity contribution >= 4 is 29.1 Å². The van der Waals surface area contributed by atoms with E-state index in [-0.39, 0.29) is 24.4 Å². The standard InChI is InChI=1S/C17H18Cl2N2O2.ClH/c18-12-5-6-13(14(19)10-12)17(22)20-11-15(16-4-3-9-23-16)21-7-1-2-8-21;/h3-6,9-10,15H,1-2,7-8,11H2,(H,20,22);1H. The van der Waals surface area contributed by atoms with E-state index in [1.54, 1.807) is 24.5 Å². The van der Waals surface area contributed by atoms with Gasteiger partial charge in [0.25, 0.3) is 5.91 Å². The maximum Gasteiger partial charge on any atom is 0.253 e. The number of amides is 1. The first-order valence-electron chi connectivity index (χ1n) is 7.76. The van der Waals surface area contributed by atoms with Crippen molar-refractivity contribution in [2.45, 2.75) is 18.9 Å². The Morgan fingerprint density at radius 3 is 2.62 bits per heavy atom. The largest absolute Gasteiger partial charge is 1.00 e. The molecule has 3 rings (SSSR count). The van der Waals surface area contributed by atoms with Gasteiger partial charge in [-0.15, -0.1) is 0 Å². The number of furan rings is 1. The average molecular weight is 390 g/mol. The Morgan fingerprint density at radius 2 is 2.00 bits per heavy atom. The van der Waals surface area contributed by atoms with E-state index in [1.165, 1.54) is 17.7 Å². The van der Waals surface area contributed by atoms with Gasteiger partial charge in [0.2, 0.25) is 0 Å². The number of quaternary nitrogens is 1. The van der Waals surface area contributed by atoms with E-state index in [0.29, 0.717) is 22.2 Å². The molecule has 1 atom stereocenters. The first kappa shape index (κ1) is 19.1. The smallest absolute Gasteiger partial charge is 0.253 e. The molecule has 2 N–H and O–H groups in total. The summed E-state index contributed by atoms with van der Waals surface area (Å²) in [5.74, 6) is 0.714. The molecule has 1 amide bonds. The molecule has 2 heterocycles. The molecule has 7 heteroatoms. The van der Waals surface area contributed by atoms with Crippen molar-refractivity contribution in [3.63, 3.8) is 0 Å². The van der Waals surface area contributed by atoms with Gasteiger partial charge in [-0.2, -0.15) is 0 Å². The Kier molecular flexibility index (Phi) is 6.99. The van der Waals surface area contributed by atoms with Gasteiger partial charge in [-0.3, -0.25) is 4.79 Å². The van der Waals surface area contributed by atoms with E-state index in [0.717, 1.165) is 18.8 Å². The summed E-state index contributed by atoms with van der Waals surface area (Å²) < 4.78 is 5.57. The first-order chi connectivity index (χ1) is 11.1. The van der Waals surface area contributed by atoms with E-state index >= 15 is 0 Å². The lowest BCUT2D eigenvalue weighted by Gasteiger charge is -2.23. The summed E-state index contributed by atoms with van der Waals surface area (Å²) >= 11 is 12.0. The van der Waals surface area contributed by atoms with Gasteiger partial charge >= 0.3 is 0 Å². The highest BCUT2D eigenvalue weighted by molar-refractivity contribution is 6.36. The molecule has 1 aliphatic heterocycles. The topological polar surface area (TPSA) is 46.7 Å². The van der Waals surface area contributed by atoms with Crippen molar-refractivity contribution in [3.05, 3.63) is 58.0 Å². The molecule has 1 aromatic heterocycles.